The van der Waals surface area contributed by atoms with E-state index < -0.39 is 0 Å². The zero-order chi connectivity index (χ0) is 5.40. The Labute approximate surface area is 45.1 Å². The molecular weight excluding hydrogens is 104 g/mol. The largest absolute Gasteiger partial charge is 0.369 e. The van der Waals surface area contributed by atoms with E-state index in [1.807, 2.05) is 12.3 Å². The first-order valence-corrected chi connectivity index (χ1v) is 2.35. The lowest BCUT2D eigenvalue weighted by Crippen LogP contribution is -2.23. The predicted octanol–water partition coefficient (Wildman–Crippen LogP) is -0.524. The van der Waals surface area contributed by atoms with Crippen molar-refractivity contribution < 1.29 is 4.63 Å². The molecule has 2 heterocycles. The minimum absolute atomic E-state index is 0.907. The van der Waals surface area contributed by atoms with Crippen molar-refractivity contribution in [3.63, 3.8) is 0 Å². The van der Waals surface area contributed by atoms with Crippen molar-refractivity contribution in [1.82, 2.24) is 15.2 Å². The molecule has 2 N–H and O–H groups in total. The van der Waals surface area contributed by atoms with E-state index in [2.05, 4.69) is 15.2 Å². The van der Waals surface area contributed by atoms with E-state index in [4.69, 9.17) is 0 Å². The molecule has 4 heteroatoms. The van der Waals surface area contributed by atoms with Crippen LogP contribution in [-0.2, 0) is 0 Å². The molecule has 4 nitrogen and oxygen atoms in total. The summed E-state index contributed by atoms with van der Waals surface area (Å²) < 4.78 is 1.72. The van der Waals surface area contributed by atoms with Gasteiger partial charge in [-0.05, 0) is 9.61 Å². The Kier molecular flexibility index (Phi) is 0.498. The highest BCUT2D eigenvalue weighted by Gasteiger charge is 2.00. The van der Waals surface area contributed by atoms with Gasteiger partial charge in [-0.3, -0.25) is 0 Å². The highest BCUT2D eigenvalue weighted by molar-refractivity contribution is 5.23. The van der Waals surface area contributed by atoms with Gasteiger partial charge in [0.25, 0.3) is 0 Å². The summed E-state index contributed by atoms with van der Waals surface area (Å²) in [5.74, 6) is 0. The van der Waals surface area contributed by atoms with E-state index in [1.54, 1.807) is 11.0 Å². The maximum Gasteiger partial charge on any atom is 0.369 e. The lowest BCUT2D eigenvalue weighted by atomic mass is 10.7. The van der Waals surface area contributed by atoms with Gasteiger partial charge in [0.15, 0.2) is 0 Å². The van der Waals surface area contributed by atoms with Crippen LogP contribution in [0.15, 0.2) is 18.6 Å². The molecule has 0 aromatic carbocycles. The molecule has 0 unspecified atom stereocenters. The topological polar surface area (TPSA) is 48.6 Å². The number of fused-ring (bicyclic) bond motifs is 1. The zero-order valence-electron chi connectivity index (χ0n) is 4.13. The molecule has 0 bridgehead atoms. The molecule has 2 aromatic heterocycles. The van der Waals surface area contributed by atoms with Crippen LogP contribution in [-0.4, -0.2) is 15.2 Å². The Morgan fingerprint density at radius 3 is 3.38 bits per heavy atom. The second-order valence-electron chi connectivity index (χ2n) is 1.54. The summed E-state index contributed by atoms with van der Waals surface area (Å²) in [5, 5.41) is 5.75. The van der Waals surface area contributed by atoms with E-state index in [9.17, 15) is 0 Å². The fraction of sp³-hybridized carbons (Fsp3) is 0. The zero-order valence-corrected chi connectivity index (χ0v) is 4.13. The number of H-pyrrole nitrogens is 2. The smallest absolute Gasteiger partial charge is 0.212 e. The molecule has 0 aliphatic heterocycles. The van der Waals surface area contributed by atoms with Crippen molar-refractivity contribution in [2.24, 2.45) is 0 Å². The maximum atomic E-state index is 3.95. The number of hydrogen-bond acceptors (Lipinski definition) is 1. The Hall–Kier alpha value is -1.32. The number of nitrogens with zero attached hydrogens (tertiary/aromatic N) is 2. The predicted molar refractivity (Wildman–Crippen MR) is 26.1 cm³/mol. The first-order chi connectivity index (χ1) is 3.97. The lowest BCUT2D eigenvalue weighted by Gasteiger charge is -1.63. The molecule has 0 aliphatic carbocycles. The van der Waals surface area contributed by atoms with E-state index in [1.165, 1.54) is 0 Å². The van der Waals surface area contributed by atoms with Gasteiger partial charge >= 0.3 is 5.65 Å². The van der Waals surface area contributed by atoms with Crippen LogP contribution in [0.4, 0.5) is 0 Å². The molecule has 40 valence electrons. The van der Waals surface area contributed by atoms with Crippen LogP contribution >= 0.6 is 0 Å². The number of aromatic nitrogens is 4. The van der Waals surface area contributed by atoms with E-state index in [0.717, 1.165) is 5.65 Å². The number of aromatic amines is 2. The van der Waals surface area contributed by atoms with Gasteiger partial charge in [-0.2, -0.15) is 5.10 Å². The third-order valence-electron chi connectivity index (χ3n) is 1.05. The average Bonchev–Trinajstić information content (AvgIpc) is 2.15. The van der Waals surface area contributed by atoms with E-state index >= 15 is 0 Å². The standard InChI is InChI=1S/C4H4N4/c1-2-6-8-4(1)5-3-7-8/h1-3H,(H,5,6,7)/p+1. The summed E-state index contributed by atoms with van der Waals surface area (Å²) >= 11 is 0. The molecule has 2 rings (SSSR count). The van der Waals surface area contributed by atoms with Gasteiger partial charge in [-0.1, -0.05) is 0 Å². The molecule has 0 saturated carbocycles. The van der Waals surface area contributed by atoms with E-state index in [-0.39, 0.29) is 0 Å². The van der Waals surface area contributed by atoms with Gasteiger partial charge in [-0.15, -0.1) is 0 Å². The Morgan fingerprint density at radius 2 is 2.50 bits per heavy atom. The number of nitrogens with one attached hydrogen (secondary N) is 2. The highest BCUT2D eigenvalue weighted by Crippen LogP contribution is 1.81. The Bertz CT molecular complexity index is 229. The van der Waals surface area contributed by atoms with Crippen molar-refractivity contribution in [3.8, 4) is 0 Å². The molecule has 0 atom stereocenters. The summed E-state index contributed by atoms with van der Waals surface area (Å²) in [6.45, 7) is 0. The van der Waals surface area contributed by atoms with Gasteiger partial charge in [0.1, 0.15) is 0 Å². The Morgan fingerprint density at radius 1 is 1.50 bits per heavy atom. The third kappa shape index (κ3) is 0.294. The SMILES string of the molecule is c1cc2nc[nH][n+]2[nH]1. The maximum absolute atomic E-state index is 3.95. The molecule has 2 aromatic rings. The van der Waals surface area contributed by atoms with Gasteiger partial charge in [0.2, 0.25) is 6.33 Å². The van der Waals surface area contributed by atoms with Crippen LogP contribution in [0.5, 0.6) is 0 Å². The fourth-order valence-electron chi connectivity index (χ4n) is 0.684. The minimum Gasteiger partial charge on any atom is -0.212 e. The number of hydrogen-bond donors (Lipinski definition) is 2. The molecule has 0 spiro atoms. The van der Waals surface area contributed by atoms with Gasteiger partial charge in [-0.25, -0.2) is 5.10 Å². The minimum atomic E-state index is 0.907. The van der Waals surface area contributed by atoms with Gasteiger partial charge < -0.3 is 0 Å². The number of rotatable bonds is 0. The summed E-state index contributed by atoms with van der Waals surface area (Å²) in [6.07, 6.45) is 3.45. The van der Waals surface area contributed by atoms with Crippen molar-refractivity contribution in [1.29, 1.82) is 0 Å². The third-order valence-corrected chi connectivity index (χ3v) is 1.05. The van der Waals surface area contributed by atoms with E-state index in [0.29, 0.717) is 0 Å². The monoisotopic (exact) mass is 109 g/mol. The van der Waals surface area contributed by atoms with Crippen LogP contribution in [0.3, 0.4) is 0 Å². The van der Waals surface area contributed by atoms with Crippen LogP contribution in [0, 0.1) is 0 Å². The molecule has 0 aliphatic rings. The molecule has 0 fully saturated rings. The first kappa shape index (κ1) is 3.65. The van der Waals surface area contributed by atoms with Gasteiger partial charge in [0.05, 0.1) is 6.07 Å². The molecular formula is C4H5N4+. The van der Waals surface area contributed by atoms with Gasteiger partial charge in [0, 0.05) is 6.20 Å². The van der Waals surface area contributed by atoms with Crippen molar-refractivity contribution in [2.45, 2.75) is 0 Å². The van der Waals surface area contributed by atoms with Crippen LogP contribution < -0.4 is 4.63 Å². The highest BCUT2D eigenvalue weighted by atomic mass is 15.4. The van der Waals surface area contributed by atoms with Crippen molar-refractivity contribution in [2.75, 3.05) is 0 Å². The summed E-state index contributed by atoms with van der Waals surface area (Å²) in [6, 6.07) is 1.89. The molecule has 0 radical (unpaired) electrons. The van der Waals surface area contributed by atoms with Crippen LogP contribution in [0.2, 0.25) is 0 Å². The molecule has 0 saturated heterocycles. The molecule has 8 heavy (non-hydrogen) atoms. The van der Waals surface area contributed by atoms with Crippen LogP contribution in [0.25, 0.3) is 5.65 Å². The van der Waals surface area contributed by atoms with Crippen molar-refractivity contribution >= 4 is 5.65 Å². The fourth-order valence-corrected chi connectivity index (χ4v) is 0.684. The van der Waals surface area contributed by atoms with Crippen LogP contribution in [0.1, 0.15) is 0 Å². The molecule has 0 amide bonds. The second-order valence-corrected chi connectivity index (χ2v) is 1.54. The van der Waals surface area contributed by atoms with Crippen molar-refractivity contribution in [3.05, 3.63) is 18.6 Å². The normalized spacial score (nSPS) is 10.5. The Balaban J connectivity index is 3.06. The second kappa shape index (κ2) is 1.09. The average molecular weight is 109 g/mol. The quantitative estimate of drug-likeness (QED) is 0.439. The lowest BCUT2D eigenvalue weighted by molar-refractivity contribution is -0.637. The summed E-state index contributed by atoms with van der Waals surface area (Å²) in [5.41, 5.74) is 0.907. The summed E-state index contributed by atoms with van der Waals surface area (Å²) in [4.78, 5) is 3.95. The summed E-state index contributed by atoms with van der Waals surface area (Å²) in [7, 11) is 0. The first-order valence-electron chi connectivity index (χ1n) is 2.35.